The molecule has 0 saturated heterocycles. The highest BCUT2D eigenvalue weighted by Gasteiger charge is 2.23. The Kier molecular flexibility index (Phi) is 3.67. The number of hydrazine groups is 1. The van der Waals surface area contributed by atoms with Gasteiger partial charge in [-0.05, 0) is 37.3 Å². The third-order valence-corrected chi connectivity index (χ3v) is 5.25. The van der Waals surface area contributed by atoms with E-state index in [1.54, 1.807) is 24.3 Å². The lowest BCUT2D eigenvalue weighted by atomic mass is 10.2. The highest BCUT2D eigenvalue weighted by molar-refractivity contribution is 7.91. The van der Waals surface area contributed by atoms with E-state index in [0.29, 0.717) is 11.1 Å². The van der Waals surface area contributed by atoms with E-state index in [1.165, 1.54) is 24.3 Å². The first-order valence-electron chi connectivity index (χ1n) is 6.78. The van der Waals surface area contributed by atoms with Crippen LogP contribution in [-0.2, 0) is 9.84 Å². The van der Waals surface area contributed by atoms with Gasteiger partial charge in [0.25, 0.3) is 0 Å². The maximum Gasteiger partial charge on any atom is 0.355 e. The second-order valence-electron chi connectivity index (χ2n) is 5.11. The normalized spacial score (nSPS) is 11.6. The molecule has 0 radical (unpaired) electrons. The van der Waals surface area contributed by atoms with Gasteiger partial charge in [0.05, 0.1) is 10.6 Å². The summed E-state index contributed by atoms with van der Waals surface area (Å²) in [5.74, 6) is 5.30. The summed E-state index contributed by atoms with van der Waals surface area (Å²) in [6, 6.07) is 12.4. The zero-order valence-electron chi connectivity index (χ0n) is 12.2. The minimum absolute atomic E-state index is 0.0509. The molecular formula is C16H14N2O4S. The molecule has 3 rings (SSSR count). The molecule has 118 valence electrons. The molecule has 0 aliphatic heterocycles. The molecule has 0 unspecified atom stereocenters. The first-order valence-corrected chi connectivity index (χ1v) is 8.26. The van der Waals surface area contributed by atoms with Crippen molar-refractivity contribution in [3.05, 3.63) is 64.5 Å². The van der Waals surface area contributed by atoms with Crippen molar-refractivity contribution < 1.29 is 12.8 Å². The molecule has 0 aliphatic carbocycles. The second kappa shape index (κ2) is 5.53. The Morgan fingerprint density at radius 1 is 1.04 bits per heavy atom. The first kappa shape index (κ1) is 15.3. The van der Waals surface area contributed by atoms with Crippen LogP contribution in [0, 0.1) is 6.92 Å². The molecule has 0 fully saturated rings. The van der Waals surface area contributed by atoms with Gasteiger partial charge in [-0.25, -0.2) is 13.2 Å². The molecule has 0 amide bonds. The van der Waals surface area contributed by atoms with Crippen molar-refractivity contribution in [2.24, 2.45) is 5.84 Å². The molecule has 23 heavy (non-hydrogen) atoms. The lowest BCUT2D eigenvalue weighted by Crippen LogP contribution is -2.14. The Balaban J connectivity index is 2.21. The van der Waals surface area contributed by atoms with Crippen LogP contribution in [0.25, 0.3) is 11.0 Å². The average Bonchev–Trinajstić information content (AvgIpc) is 2.53. The van der Waals surface area contributed by atoms with Crippen LogP contribution >= 0.6 is 0 Å². The fraction of sp³-hybridized carbons (Fsp3) is 0.0625. The third kappa shape index (κ3) is 2.71. The SMILES string of the molecule is Cc1ccc(S(=O)(=O)c2cc3ccc(NN)cc3oc2=O)cc1. The van der Waals surface area contributed by atoms with Gasteiger partial charge >= 0.3 is 5.63 Å². The van der Waals surface area contributed by atoms with Crippen molar-refractivity contribution >= 4 is 26.5 Å². The number of nitrogens with one attached hydrogen (secondary N) is 1. The molecule has 0 spiro atoms. The van der Waals surface area contributed by atoms with Gasteiger partial charge in [0.1, 0.15) is 5.58 Å². The summed E-state index contributed by atoms with van der Waals surface area (Å²) in [6.07, 6.45) is 0. The number of nitrogens with two attached hydrogens (primary N) is 1. The highest BCUT2D eigenvalue weighted by Crippen LogP contribution is 2.23. The van der Waals surface area contributed by atoms with Crippen LogP contribution in [-0.4, -0.2) is 8.42 Å². The summed E-state index contributed by atoms with van der Waals surface area (Å²) in [5, 5.41) is 0.495. The molecule has 0 aliphatic rings. The van der Waals surface area contributed by atoms with E-state index in [2.05, 4.69) is 5.43 Å². The van der Waals surface area contributed by atoms with E-state index in [0.717, 1.165) is 5.56 Å². The van der Waals surface area contributed by atoms with Gasteiger partial charge in [-0.1, -0.05) is 17.7 Å². The highest BCUT2D eigenvalue weighted by atomic mass is 32.2. The molecule has 0 bridgehead atoms. The van der Waals surface area contributed by atoms with Gasteiger partial charge in [0.15, 0.2) is 4.90 Å². The van der Waals surface area contributed by atoms with Crippen LogP contribution in [0.4, 0.5) is 5.69 Å². The minimum atomic E-state index is -3.94. The Hall–Kier alpha value is -2.64. The predicted octanol–water partition coefficient (Wildman–Crippen LogP) is 2.22. The molecule has 3 aromatic rings. The first-order chi connectivity index (χ1) is 10.9. The average molecular weight is 330 g/mol. The molecule has 2 aromatic carbocycles. The fourth-order valence-corrected chi connectivity index (χ4v) is 3.51. The number of rotatable bonds is 3. The fourth-order valence-electron chi connectivity index (χ4n) is 2.21. The number of nitrogen functional groups attached to an aromatic ring is 1. The standard InChI is InChI=1S/C16H14N2O4S/c1-10-2-6-13(7-3-10)23(20,21)15-8-11-4-5-12(18-17)9-14(11)22-16(15)19/h2-9,18H,17H2,1H3. The van der Waals surface area contributed by atoms with E-state index in [1.807, 2.05) is 6.92 Å². The molecule has 1 heterocycles. The van der Waals surface area contributed by atoms with E-state index in [-0.39, 0.29) is 15.4 Å². The topological polar surface area (TPSA) is 102 Å². The van der Waals surface area contributed by atoms with Crippen molar-refractivity contribution in [3.63, 3.8) is 0 Å². The lowest BCUT2D eigenvalue weighted by Gasteiger charge is -2.06. The maximum atomic E-state index is 12.6. The number of hydrogen-bond acceptors (Lipinski definition) is 6. The van der Waals surface area contributed by atoms with Crippen molar-refractivity contribution in [2.75, 3.05) is 5.43 Å². The Morgan fingerprint density at radius 3 is 2.39 bits per heavy atom. The van der Waals surface area contributed by atoms with E-state index in [4.69, 9.17) is 10.3 Å². The van der Waals surface area contributed by atoms with Crippen LogP contribution < -0.4 is 16.9 Å². The molecule has 6 nitrogen and oxygen atoms in total. The van der Waals surface area contributed by atoms with Crippen molar-refractivity contribution in [3.8, 4) is 0 Å². The van der Waals surface area contributed by atoms with Crippen LogP contribution in [0.5, 0.6) is 0 Å². The van der Waals surface area contributed by atoms with Gasteiger partial charge < -0.3 is 9.84 Å². The van der Waals surface area contributed by atoms with Crippen molar-refractivity contribution in [1.29, 1.82) is 0 Å². The summed E-state index contributed by atoms with van der Waals surface area (Å²) < 4.78 is 30.4. The third-order valence-electron chi connectivity index (χ3n) is 3.49. The van der Waals surface area contributed by atoms with Crippen LogP contribution in [0.15, 0.2) is 67.5 Å². The Morgan fingerprint density at radius 2 is 1.74 bits per heavy atom. The molecule has 7 heteroatoms. The monoisotopic (exact) mass is 330 g/mol. The molecular weight excluding hydrogens is 316 g/mol. The number of benzene rings is 2. The zero-order valence-corrected chi connectivity index (χ0v) is 13.1. The largest absolute Gasteiger partial charge is 0.422 e. The lowest BCUT2D eigenvalue weighted by molar-refractivity contribution is 0.532. The summed E-state index contributed by atoms with van der Waals surface area (Å²) in [6.45, 7) is 1.85. The van der Waals surface area contributed by atoms with E-state index < -0.39 is 15.5 Å². The van der Waals surface area contributed by atoms with Crippen LogP contribution in [0.2, 0.25) is 0 Å². The molecule has 0 atom stereocenters. The number of hydrogen-bond donors (Lipinski definition) is 2. The molecule has 3 N–H and O–H groups in total. The summed E-state index contributed by atoms with van der Waals surface area (Å²) in [5.41, 5.74) is 3.26. The number of fused-ring (bicyclic) bond motifs is 1. The zero-order chi connectivity index (χ0) is 16.6. The number of sulfone groups is 1. The van der Waals surface area contributed by atoms with Crippen molar-refractivity contribution in [2.45, 2.75) is 16.7 Å². The maximum absolute atomic E-state index is 12.6. The van der Waals surface area contributed by atoms with E-state index >= 15 is 0 Å². The van der Waals surface area contributed by atoms with Gasteiger partial charge in [-0.3, -0.25) is 5.84 Å². The number of aryl methyl sites for hydroxylation is 1. The van der Waals surface area contributed by atoms with Gasteiger partial charge in [-0.2, -0.15) is 0 Å². The van der Waals surface area contributed by atoms with E-state index in [9.17, 15) is 13.2 Å². The molecule has 1 aromatic heterocycles. The quantitative estimate of drug-likeness (QED) is 0.434. The van der Waals surface area contributed by atoms with Crippen LogP contribution in [0.3, 0.4) is 0 Å². The van der Waals surface area contributed by atoms with Gasteiger partial charge in [0, 0.05) is 11.5 Å². The molecule has 0 saturated carbocycles. The van der Waals surface area contributed by atoms with Crippen molar-refractivity contribution in [1.82, 2.24) is 0 Å². The smallest absolute Gasteiger partial charge is 0.355 e. The van der Waals surface area contributed by atoms with Crippen LogP contribution in [0.1, 0.15) is 5.56 Å². The van der Waals surface area contributed by atoms with Gasteiger partial charge in [0.2, 0.25) is 9.84 Å². The second-order valence-corrected chi connectivity index (χ2v) is 7.03. The Bertz CT molecular complexity index is 1040. The Labute approximate surface area is 132 Å². The predicted molar refractivity (Wildman–Crippen MR) is 86.9 cm³/mol. The van der Waals surface area contributed by atoms with Gasteiger partial charge in [-0.15, -0.1) is 0 Å². The summed E-state index contributed by atoms with van der Waals surface area (Å²) in [4.78, 5) is 11.8. The number of anilines is 1. The minimum Gasteiger partial charge on any atom is -0.422 e. The summed E-state index contributed by atoms with van der Waals surface area (Å²) >= 11 is 0. The summed E-state index contributed by atoms with van der Waals surface area (Å²) in [7, 11) is -3.94.